The van der Waals surface area contributed by atoms with E-state index < -0.39 is 0 Å². The second kappa shape index (κ2) is 7.70. The summed E-state index contributed by atoms with van der Waals surface area (Å²) >= 11 is 0. The highest BCUT2D eigenvalue weighted by Gasteiger charge is 2.20. The number of hydrogen-bond acceptors (Lipinski definition) is 4. The SMILES string of the molecule is CC(C)N(CCOC(=O)N1CCN(C)CC1)C(C)C. The Morgan fingerprint density at radius 3 is 2.11 bits per heavy atom. The molecule has 5 nitrogen and oxygen atoms in total. The third-order valence-corrected chi connectivity index (χ3v) is 3.66. The third-order valence-electron chi connectivity index (χ3n) is 3.66. The summed E-state index contributed by atoms with van der Waals surface area (Å²) in [6.07, 6.45) is -0.166. The van der Waals surface area contributed by atoms with Gasteiger partial charge < -0.3 is 14.5 Å². The molecule has 0 aromatic carbocycles. The molecular weight excluding hydrogens is 242 g/mol. The zero-order valence-corrected chi connectivity index (χ0v) is 13.1. The molecule has 1 rings (SSSR count). The van der Waals surface area contributed by atoms with Crippen molar-refractivity contribution in [3.63, 3.8) is 0 Å². The molecule has 0 N–H and O–H groups in total. The zero-order chi connectivity index (χ0) is 14.4. The quantitative estimate of drug-likeness (QED) is 0.759. The van der Waals surface area contributed by atoms with Gasteiger partial charge in [0.15, 0.2) is 0 Å². The summed E-state index contributed by atoms with van der Waals surface area (Å²) in [5.74, 6) is 0. The average molecular weight is 271 g/mol. The molecule has 19 heavy (non-hydrogen) atoms. The van der Waals surface area contributed by atoms with Crippen molar-refractivity contribution in [1.82, 2.24) is 14.7 Å². The van der Waals surface area contributed by atoms with Gasteiger partial charge in [0.05, 0.1) is 0 Å². The van der Waals surface area contributed by atoms with Crippen molar-refractivity contribution in [2.45, 2.75) is 39.8 Å². The van der Waals surface area contributed by atoms with Gasteiger partial charge in [-0.3, -0.25) is 4.90 Å². The van der Waals surface area contributed by atoms with Crippen molar-refractivity contribution in [2.24, 2.45) is 0 Å². The second-order valence-electron chi connectivity index (χ2n) is 5.83. The van der Waals surface area contributed by atoms with Gasteiger partial charge >= 0.3 is 6.09 Å². The van der Waals surface area contributed by atoms with E-state index in [1.54, 1.807) is 4.90 Å². The minimum Gasteiger partial charge on any atom is -0.448 e. The van der Waals surface area contributed by atoms with Crippen LogP contribution in [0.25, 0.3) is 0 Å². The number of hydrogen-bond donors (Lipinski definition) is 0. The highest BCUT2D eigenvalue weighted by Crippen LogP contribution is 2.05. The Labute approximate surface area is 117 Å². The summed E-state index contributed by atoms with van der Waals surface area (Å²) in [5, 5.41) is 0. The number of carbonyl (C=O) groups is 1. The van der Waals surface area contributed by atoms with Crippen molar-refractivity contribution >= 4 is 6.09 Å². The van der Waals surface area contributed by atoms with Crippen LogP contribution < -0.4 is 0 Å². The molecule has 0 aromatic heterocycles. The molecule has 1 amide bonds. The minimum absolute atomic E-state index is 0.166. The van der Waals surface area contributed by atoms with Crippen molar-refractivity contribution in [3.8, 4) is 0 Å². The van der Waals surface area contributed by atoms with Crippen LogP contribution >= 0.6 is 0 Å². The molecule has 0 radical (unpaired) electrons. The molecular formula is C14H29N3O2. The molecule has 1 heterocycles. The Bertz CT molecular complexity index is 266. The first kappa shape index (κ1) is 16.2. The molecule has 1 aliphatic heterocycles. The van der Waals surface area contributed by atoms with Gasteiger partial charge in [-0.2, -0.15) is 0 Å². The maximum Gasteiger partial charge on any atom is 0.409 e. The van der Waals surface area contributed by atoms with Crippen molar-refractivity contribution in [2.75, 3.05) is 46.4 Å². The molecule has 112 valence electrons. The first-order valence-corrected chi connectivity index (χ1v) is 7.27. The number of piperazine rings is 1. The fourth-order valence-corrected chi connectivity index (χ4v) is 2.43. The lowest BCUT2D eigenvalue weighted by molar-refractivity contribution is 0.0640. The highest BCUT2D eigenvalue weighted by atomic mass is 16.6. The second-order valence-corrected chi connectivity index (χ2v) is 5.83. The van der Waals surface area contributed by atoms with Gasteiger partial charge in [0.1, 0.15) is 6.61 Å². The fraction of sp³-hybridized carbons (Fsp3) is 0.929. The number of rotatable bonds is 5. The summed E-state index contributed by atoms with van der Waals surface area (Å²) in [6, 6.07) is 0.949. The van der Waals surface area contributed by atoms with E-state index in [0.29, 0.717) is 18.7 Å². The number of likely N-dealkylation sites (N-methyl/N-ethyl adjacent to an activating group) is 1. The van der Waals surface area contributed by atoms with E-state index in [1.165, 1.54) is 0 Å². The van der Waals surface area contributed by atoms with Crippen LogP contribution in [0, 0.1) is 0 Å². The molecule has 0 aliphatic carbocycles. The van der Waals surface area contributed by atoms with E-state index in [9.17, 15) is 4.79 Å². The molecule has 0 atom stereocenters. The minimum atomic E-state index is -0.166. The molecule has 0 aromatic rings. The lowest BCUT2D eigenvalue weighted by atomic mass is 10.2. The van der Waals surface area contributed by atoms with Crippen LogP contribution in [0.5, 0.6) is 0 Å². The van der Waals surface area contributed by atoms with Crippen molar-refractivity contribution in [1.29, 1.82) is 0 Å². The predicted octanol–water partition coefficient (Wildman–Crippen LogP) is 1.49. The lowest BCUT2D eigenvalue weighted by Crippen LogP contribution is -2.48. The summed E-state index contributed by atoms with van der Waals surface area (Å²) < 4.78 is 5.37. The van der Waals surface area contributed by atoms with Gasteiger partial charge in [0.25, 0.3) is 0 Å². The van der Waals surface area contributed by atoms with Crippen LogP contribution in [0.4, 0.5) is 4.79 Å². The average Bonchev–Trinajstić information content (AvgIpc) is 2.34. The van der Waals surface area contributed by atoms with E-state index in [0.717, 1.165) is 32.7 Å². The predicted molar refractivity (Wildman–Crippen MR) is 77.4 cm³/mol. The Morgan fingerprint density at radius 2 is 1.63 bits per heavy atom. The van der Waals surface area contributed by atoms with Gasteiger partial charge in [-0.05, 0) is 34.7 Å². The molecule has 0 unspecified atom stereocenters. The molecule has 1 aliphatic rings. The molecule has 1 saturated heterocycles. The largest absolute Gasteiger partial charge is 0.448 e. The number of ether oxygens (including phenoxy) is 1. The molecule has 0 bridgehead atoms. The van der Waals surface area contributed by atoms with Gasteiger partial charge in [-0.15, -0.1) is 0 Å². The van der Waals surface area contributed by atoms with E-state index in [-0.39, 0.29) is 6.09 Å². The number of amides is 1. The van der Waals surface area contributed by atoms with Crippen LogP contribution in [0.1, 0.15) is 27.7 Å². The Hall–Kier alpha value is -0.810. The zero-order valence-electron chi connectivity index (χ0n) is 13.1. The van der Waals surface area contributed by atoms with Crippen molar-refractivity contribution in [3.05, 3.63) is 0 Å². The summed E-state index contributed by atoms with van der Waals surface area (Å²) in [5.41, 5.74) is 0. The standard InChI is InChI=1S/C14H29N3O2/c1-12(2)17(13(3)4)10-11-19-14(18)16-8-6-15(5)7-9-16/h12-13H,6-11H2,1-5H3. The van der Waals surface area contributed by atoms with Crippen LogP contribution in [0.2, 0.25) is 0 Å². The molecule has 1 fully saturated rings. The lowest BCUT2D eigenvalue weighted by Gasteiger charge is -2.33. The van der Waals surface area contributed by atoms with E-state index in [4.69, 9.17) is 4.74 Å². The number of nitrogens with zero attached hydrogens (tertiary/aromatic N) is 3. The van der Waals surface area contributed by atoms with Crippen LogP contribution in [-0.4, -0.2) is 79.3 Å². The summed E-state index contributed by atoms with van der Waals surface area (Å²) in [7, 11) is 2.08. The fourth-order valence-electron chi connectivity index (χ4n) is 2.43. The first-order valence-electron chi connectivity index (χ1n) is 7.27. The van der Waals surface area contributed by atoms with Gasteiger partial charge in [-0.1, -0.05) is 0 Å². The summed E-state index contributed by atoms with van der Waals surface area (Å²) in [4.78, 5) is 18.2. The maximum atomic E-state index is 11.9. The summed E-state index contributed by atoms with van der Waals surface area (Å²) in [6.45, 7) is 13.4. The first-order chi connectivity index (χ1) is 8.91. The molecule has 0 saturated carbocycles. The monoisotopic (exact) mass is 271 g/mol. The van der Waals surface area contributed by atoms with Gasteiger partial charge in [0, 0.05) is 44.8 Å². The number of carbonyl (C=O) groups excluding carboxylic acids is 1. The Morgan fingerprint density at radius 1 is 1.11 bits per heavy atom. The van der Waals surface area contributed by atoms with Crippen molar-refractivity contribution < 1.29 is 9.53 Å². The topological polar surface area (TPSA) is 36.0 Å². The normalized spacial score (nSPS) is 17.6. The molecule has 0 spiro atoms. The van der Waals surface area contributed by atoms with E-state index in [2.05, 4.69) is 44.5 Å². The van der Waals surface area contributed by atoms with Crippen LogP contribution in [0.3, 0.4) is 0 Å². The third kappa shape index (κ3) is 5.37. The van der Waals surface area contributed by atoms with Crippen LogP contribution in [-0.2, 0) is 4.74 Å². The van der Waals surface area contributed by atoms with Crippen LogP contribution in [0.15, 0.2) is 0 Å². The van der Waals surface area contributed by atoms with Gasteiger partial charge in [-0.25, -0.2) is 4.79 Å². The van der Waals surface area contributed by atoms with Gasteiger partial charge in [0.2, 0.25) is 0 Å². The Kier molecular flexibility index (Phi) is 6.58. The van der Waals surface area contributed by atoms with E-state index in [1.807, 2.05) is 0 Å². The highest BCUT2D eigenvalue weighted by molar-refractivity contribution is 5.67. The van der Waals surface area contributed by atoms with E-state index >= 15 is 0 Å². The maximum absolute atomic E-state index is 11.9. The Balaban J connectivity index is 2.26. The smallest absolute Gasteiger partial charge is 0.409 e. The molecule has 5 heteroatoms.